The molecule has 1 aliphatic rings. The second-order valence-electron chi connectivity index (χ2n) is 5.93. The minimum absolute atomic E-state index is 0.383. The molecular weight excluding hydrogens is 184 g/mol. The molecule has 0 amide bonds. The average molecular weight is 210 g/mol. The molecule has 0 bridgehead atoms. The zero-order valence-corrected chi connectivity index (χ0v) is 10.8. The Kier molecular flexibility index (Phi) is 4.82. The minimum Gasteiger partial charge on any atom is -0.299 e. The van der Waals surface area contributed by atoms with E-state index in [1.165, 1.54) is 12.8 Å². The molecule has 1 heteroatoms. The zero-order valence-electron chi connectivity index (χ0n) is 10.8. The molecule has 1 fully saturated rings. The molecule has 1 aliphatic carbocycles. The highest BCUT2D eigenvalue weighted by Gasteiger charge is 2.28. The van der Waals surface area contributed by atoms with Gasteiger partial charge in [0.25, 0.3) is 0 Å². The molecule has 1 rings (SSSR count). The maximum Gasteiger partial charge on any atom is 0.136 e. The van der Waals surface area contributed by atoms with Gasteiger partial charge in [0.05, 0.1) is 0 Å². The summed E-state index contributed by atoms with van der Waals surface area (Å²) in [6.07, 6.45) is 5.69. The first-order chi connectivity index (χ1) is 7.00. The Bertz CT molecular complexity index is 205. The van der Waals surface area contributed by atoms with E-state index in [9.17, 15) is 4.79 Å². The summed E-state index contributed by atoms with van der Waals surface area (Å²) in [5, 5.41) is 0. The van der Waals surface area contributed by atoms with E-state index in [2.05, 4.69) is 27.7 Å². The average Bonchev–Trinajstić information content (AvgIpc) is 2.17. The molecule has 0 N–H and O–H groups in total. The first-order valence-corrected chi connectivity index (χ1v) is 6.53. The van der Waals surface area contributed by atoms with Crippen LogP contribution in [0.5, 0.6) is 0 Å². The van der Waals surface area contributed by atoms with Crippen molar-refractivity contribution in [2.24, 2.45) is 23.7 Å². The van der Waals surface area contributed by atoms with Crippen LogP contribution in [0.15, 0.2) is 0 Å². The summed E-state index contributed by atoms with van der Waals surface area (Å²) in [5.74, 6) is 2.97. The molecule has 15 heavy (non-hydrogen) atoms. The quantitative estimate of drug-likeness (QED) is 0.683. The molecule has 0 aromatic rings. The lowest BCUT2D eigenvalue weighted by molar-refractivity contribution is -0.125. The van der Waals surface area contributed by atoms with Crippen molar-refractivity contribution in [3.05, 3.63) is 0 Å². The Morgan fingerprint density at radius 1 is 1.20 bits per heavy atom. The highest BCUT2D eigenvalue weighted by molar-refractivity contribution is 5.81. The summed E-state index contributed by atoms with van der Waals surface area (Å²) in [6, 6.07) is 0. The van der Waals surface area contributed by atoms with Crippen molar-refractivity contribution < 1.29 is 4.79 Å². The van der Waals surface area contributed by atoms with Crippen molar-refractivity contribution in [2.45, 2.75) is 59.8 Å². The highest BCUT2D eigenvalue weighted by Crippen LogP contribution is 2.34. The smallest absolute Gasteiger partial charge is 0.136 e. The van der Waals surface area contributed by atoms with E-state index >= 15 is 0 Å². The van der Waals surface area contributed by atoms with E-state index < -0.39 is 0 Å². The van der Waals surface area contributed by atoms with Gasteiger partial charge in [-0.25, -0.2) is 0 Å². The fourth-order valence-corrected chi connectivity index (χ4v) is 2.69. The van der Waals surface area contributed by atoms with Crippen LogP contribution in [0.3, 0.4) is 0 Å². The third kappa shape index (κ3) is 3.96. The maximum atomic E-state index is 12.0. The van der Waals surface area contributed by atoms with E-state index in [0.29, 0.717) is 17.6 Å². The van der Waals surface area contributed by atoms with Crippen LogP contribution in [0.2, 0.25) is 0 Å². The Labute approximate surface area is 94.6 Å². The van der Waals surface area contributed by atoms with Crippen molar-refractivity contribution in [3.8, 4) is 0 Å². The summed E-state index contributed by atoms with van der Waals surface area (Å²) in [5.41, 5.74) is 0. The Morgan fingerprint density at radius 3 is 2.40 bits per heavy atom. The van der Waals surface area contributed by atoms with Crippen LogP contribution in [0, 0.1) is 23.7 Å². The van der Waals surface area contributed by atoms with Gasteiger partial charge in [-0.05, 0) is 30.6 Å². The standard InChI is InChI=1S/C14H26O/c1-10(2)8-14(15)13-7-5-6-12(9-13)11(3)4/h10-13H,5-9H2,1-4H3. The summed E-state index contributed by atoms with van der Waals surface area (Å²) in [4.78, 5) is 12.0. The van der Waals surface area contributed by atoms with Gasteiger partial charge in [-0.3, -0.25) is 4.79 Å². The van der Waals surface area contributed by atoms with Crippen molar-refractivity contribution in [1.29, 1.82) is 0 Å². The third-order valence-corrected chi connectivity index (χ3v) is 3.72. The van der Waals surface area contributed by atoms with Crippen molar-refractivity contribution >= 4 is 5.78 Å². The van der Waals surface area contributed by atoms with E-state index in [0.717, 1.165) is 31.1 Å². The van der Waals surface area contributed by atoms with Gasteiger partial charge in [0.2, 0.25) is 0 Å². The van der Waals surface area contributed by atoms with Crippen LogP contribution in [0.4, 0.5) is 0 Å². The zero-order chi connectivity index (χ0) is 11.4. The van der Waals surface area contributed by atoms with Crippen LogP contribution >= 0.6 is 0 Å². The molecule has 2 atom stereocenters. The summed E-state index contributed by atoms with van der Waals surface area (Å²) >= 11 is 0. The minimum atomic E-state index is 0.383. The van der Waals surface area contributed by atoms with Crippen LogP contribution < -0.4 is 0 Å². The number of hydrogen-bond donors (Lipinski definition) is 0. The largest absolute Gasteiger partial charge is 0.299 e. The van der Waals surface area contributed by atoms with E-state index in [4.69, 9.17) is 0 Å². The predicted octanol–water partition coefficient (Wildman–Crippen LogP) is 4.06. The molecule has 0 heterocycles. The normalized spacial score (nSPS) is 27.3. The van der Waals surface area contributed by atoms with Crippen molar-refractivity contribution in [3.63, 3.8) is 0 Å². The monoisotopic (exact) mass is 210 g/mol. The van der Waals surface area contributed by atoms with Crippen molar-refractivity contribution in [2.75, 3.05) is 0 Å². The lowest BCUT2D eigenvalue weighted by Crippen LogP contribution is -2.26. The molecule has 1 saturated carbocycles. The first-order valence-electron chi connectivity index (χ1n) is 6.53. The SMILES string of the molecule is CC(C)CC(=O)C1CCCC(C(C)C)C1. The summed E-state index contributed by atoms with van der Waals surface area (Å²) in [7, 11) is 0. The van der Waals surface area contributed by atoms with Gasteiger partial charge in [0, 0.05) is 12.3 Å². The molecular formula is C14H26O. The number of rotatable bonds is 4. The van der Waals surface area contributed by atoms with Gasteiger partial charge in [0.15, 0.2) is 0 Å². The van der Waals surface area contributed by atoms with E-state index in [1.54, 1.807) is 0 Å². The lowest BCUT2D eigenvalue weighted by Gasteiger charge is -2.31. The Balaban J connectivity index is 2.45. The number of ketones is 1. The molecule has 2 unspecified atom stereocenters. The second kappa shape index (κ2) is 5.67. The molecule has 0 spiro atoms. The second-order valence-corrected chi connectivity index (χ2v) is 5.93. The number of carbonyl (C=O) groups excluding carboxylic acids is 1. The van der Waals surface area contributed by atoms with Gasteiger partial charge in [-0.2, -0.15) is 0 Å². The molecule has 1 nitrogen and oxygen atoms in total. The Hall–Kier alpha value is -0.330. The molecule has 0 aliphatic heterocycles. The summed E-state index contributed by atoms with van der Waals surface area (Å²) < 4.78 is 0. The van der Waals surface area contributed by atoms with Crippen LogP contribution in [-0.2, 0) is 4.79 Å². The third-order valence-electron chi connectivity index (χ3n) is 3.72. The van der Waals surface area contributed by atoms with Gasteiger partial charge < -0.3 is 0 Å². The topological polar surface area (TPSA) is 17.1 Å². The van der Waals surface area contributed by atoms with E-state index in [1.807, 2.05) is 0 Å². The summed E-state index contributed by atoms with van der Waals surface area (Å²) in [6.45, 7) is 8.86. The van der Waals surface area contributed by atoms with Gasteiger partial charge in [0.1, 0.15) is 5.78 Å². The van der Waals surface area contributed by atoms with Crippen LogP contribution in [0.25, 0.3) is 0 Å². The Morgan fingerprint density at radius 2 is 1.87 bits per heavy atom. The fourth-order valence-electron chi connectivity index (χ4n) is 2.69. The lowest BCUT2D eigenvalue weighted by atomic mass is 9.74. The van der Waals surface area contributed by atoms with E-state index in [-0.39, 0.29) is 0 Å². The number of hydrogen-bond acceptors (Lipinski definition) is 1. The first kappa shape index (κ1) is 12.7. The van der Waals surface area contributed by atoms with Gasteiger partial charge in [-0.1, -0.05) is 40.5 Å². The number of carbonyl (C=O) groups is 1. The van der Waals surface area contributed by atoms with Gasteiger partial charge >= 0.3 is 0 Å². The molecule has 0 aromatic carbocycles. The maximum absolute atomic E-state index is 12.0. The van der Waals surface area contributed by atoms with Crippen molar-refractivity contribution in [1.82, 2.24) is 0 Å². The van der Waals surface area contributed by atoms with Crippen LogP contribution in [-0.4, -0.2) is 5.78 Å². The number of Topliss-reactive ketones (excluding diaryl/α,β-unsaturated/α-hetero) is 1. The highest BCUT2D eigenvalue weighted by atomic mass is 16.1. The fraction of sp³-hybridized carbons (Fsp3) is 0.929. The van der Waals surface area contributed by atoms with Gasteiger partial charge in [-0.15, -0.1) is 0 Å². The molecule has 0 aromatic heterocycles. The molecule has 88 valence electrons. The predicted molar refractivity (Wildman–Crippen MR) is 64.7 cm³/mol. The van der Waals surface area contributed by atoms with Crippen LogP contribution in [0.1, 0.15) is 59.8 Å². The molecule has 0 saturated heterocycles. The molecule has 0 radical (unpaired) electrons.